The predicted molar refractivity (Wildman–Crippen MR) is 72.9 cm³/mol. The van der Waals surface area contributed by atoms with Crippen molar-refractivity contribution in [3.63, 3.8) is 0 Å². The molecule has 0 atom stereocenters. The van der Waals surface area contributed by atoms with E-state index in [0.717, 1.165) is 11.1 Å². The van der Waals surface area contributed by atoms with Crippen LogP contribution in [0.2, 0.25) is 0 Å². The van der Waals surface area contributed by atoms with Crippen molar-refractivity contribution in [3.8, 4) is 0 Å². The number of rotatable bonds is 2. The molecule has 1 nitrogen and oxygen atoms in total. The van der Waals surface area contributed by atoms with Crippen LogP contribution in [-0.4, -0.2) is 11.1 Å². The summed E-state index contributed by atoms with van der Waals surface area (Å²) in [4.78, 5) is 11.8. The van der Waals surface area contributed by atoms with Crippen molar-refractivity contribution < 1.29 is 46.7 Å². The minimum absolute atomic E-state index is 0. The van der Waals surface area contributed by atoms with Gasteiger partial charge in [0.15, 0.2) is 5.78 Å². The Labute approximate surface area is 152 Å². The van der Waals surface area contributed by atoms with Crippen molar-refractivity contribution in [1.82, 2.24) is 0 Å². The van der Waals surface area contributed by atoms with Gasteiger partial charge in [-0.1, -0.05) is 60.7 Å². The fraction of sp³-hybridized carbons (Fsp3) is 0.0714. The van der Waals surface area contributed by atoms with Gasteiger partial charge in [0.2, 0.25) is 0 Å². The molecule has 0 bridgehead atoms. The Balaban J connectivity index is -0.000000445. The molecule has 0 radical (unpaired) electrons. The summed E-state index contributed by atoms with van der Waals surface area (Å²) in [6, 6.07) is 18.6. The molecule has 110 valence electrons. The first kappa shape index (κ1) is 24.8. The van der Waals surface area contributed by atoms with Gasteiger partial charge in [-0.2, -0.15) is 0 Å². The van der Waals surface area contributed by atoms with Gasteiger partial charge in [-0.25, -0.2) is 0 Å². The van der Waals surface area contributed by atoms with Crippen molar-refractivity contribution in [2.45, 2.75) is 0 Å². The van der Waals surface area contributed by atoms with E-state index < -0.39 is 0 Å². The van der Waals surface area contributed by atoms with E-state index in [2.05, 4.69) is 0 Å². The zero-order valence-electron chi connectivity index (χ0n) is 10.3. The van der Waals surface area contributed by atoms with E-state index in [9.17, 15) is 4.79 Å². The normalized spacial score (nSPS) is 7.70. The average molecular weight is 394 g/mol. The van der Waals surface area contributed by atoms with E-state index in [-0.39, 0.29) is 53.0 Å². The van der Waals surface area contributed by atoms with Crippen LogP contribution in [0.25, 0.3) is 0 Å². The van der Waals surface area contributed by atoms with Crippen molar-refractivity contribution in [3.05, 3.63) is 71.8 Å². The van der Waals surface area contributed by atoms with Crippen LogP contribution in [0, 0.1) is 0 Å². The molecule has 0 aliphatic rings. The minimum Gasteiger partial charge on any atom is -1.00 e. The minimum atomic E-state index is 0. The molecule has 0 N–H and O–H groups in total. The molecular formula is C14H12Cl4FeO. The van der Waals surface area contributed by atoms with Crippen LogP contribution in [0.15, 0.2) is 60.7 Å². The molecule has 0 heterocycles. The second-order valence-corrected chi connectivity index (χ2v) is 3.97. The fourth-order valence-electron chi connectivity index (χ4n) is 1.35. The number of alkyl halides is 2. The van der Waals surface area contributed by atoms with Crippen LogP contribution in [0.5, 0.6) is 0 Å². The zero-order chi connectivity index (χ0) is 12.5. The zero-order valence-corrected chi connectivity index (χ0v) is 14.4. The summed E-state index contributed by atoms with van der Waals surface area (Å²) in [6.45, 7) is 0. The van der Waals surface area contributed by atoms with Gasteiger partial charge >= 0.3 is 17.1 Å². The van der Waals surface area contributed by atoms with Gasteiger partial charge in [0.25, 0.3) is 0 Å². The van der Waals surface area contributed by atoms with E-state index in [1.54, 1.807) is 0 Å². The van der Waals surface area contributed by atoms with Crippen LogP contribution < -0.4 is 24.8 Å². The first-order valence-electron chi connectivity index (χ1n) is 5.06. The average Bonchev–Trinajstić information content (AvgIpc) is 2.41. The largest absolute Gasteiger partial charge is 2.00 e. The van der Waals surface area contributed by atoms with Crippen LogP contribution in [0.4, 0.5) is 0 Å². The molecule has 2 aromatic rings. The fourth-order valence-corrected chi connectivity index (χ4v) is 1.35. The van der Waals surface area contributed by atoms with Gasteiger partial charge in [-0.15, -0.1) is 23.2 Å². The van der Waals surface area contributed by atoms with Gasteiger partial charge in [0, 0.05) is 11.1 Å². The Bertz CT molecular complexity index is 410. The molecule has 0 saturated heterocycles. The van der Waals surface area contributed by atoms with Crippen LogP contribution in [0.3, 0.4) is 0 Å². The molecule has 0 amide bonds. The van der Waals surface area contributed by atoms with E-state index in [1.807, 2.05) is 60.7 Å². The topological polar surface area (TPSA) is 17.1 Å². The number of halogens is 4. The summed E-state index contributed by atoms with van der Waals surface area (Å²) in [6.07, 6.45) is 0. The van der Waals surface area contributed by atoms with E-state index in [4.69, 9.17) is 23.2 Å². The van der Waals surface area contributed by atoms with Gasteiger partial charge in [0.05, 0.1) is 5.34 Å². The third kappa shape index (κ3) is 8.86. The van der Waals surface area contributed by atoms with E-state index >= 15 is 0 Å². The second kappa shape index (κ2) is 15.2. The molecule has 2 aromatic carbocycles. The Kier molecular flexibility index (Phi) is 18.8. The van der Waals surface area contributed by atoms with Gasteiger partial charge < -0.3 is 24.8 Å². The second-order valence-electron chi connectivity index (χ2n) is 3.16. The maximum Gasteiger partial charge on any atom is 2.00 e. The quantitative estimate of drug-likeness (QED) is 0.339. The van der Waals surface area contributed by atoms with Gasteiger partial charge in [-0.3, -0.25) is 4.79 Å². The Morgan fingerprint density at radius 3 is 1.25 bits per heavy atom. The third-order valence-electron chi connectivity index (χ3n) is 2.07. The number of benzene rings is 2. The SMILES string of the molecule is ClCCl.O=C(c1ccccc1)c1ccccc1.[Cl-].[Cl-].[Fe+2]. The molecule has 0 aliphatic heterocycles. The summed E-state index contributed by atoms with van der Waals surface area (Å²) in [5.74, 6) is 0.0752. The Hall–Kier alpha value is -0.211. The number of ketones is 1. The summed E-state index contributed by atoms with van der Waals surface area (Å²) >= 11 is 9.53. The van der Waals surface area contributed by atoms with Gasteiger partial charge in [-0.05, 0) is 0 Å². The van der Waals surface area contributed by atoms with Crippen molar-refractivity contribution in [1.29, 1.82) is 0 Å². The Morgan fingerprint density at radius 2 is 1.00 bits per heavy atom. The summed E-state index contributed by atoms with van der Waals surface area (Å²) in [5, 5.41) is 0.194. The summed E-state index contributed by atoms with van der Waals surface area (Å²) in [7, 11) is 0. The molecule has 0 saturated carbocycles. The van der Waals surface area contributed by atoms with E-state index in [1.165, 1.54) is 0 Å². The Morgan fingerprint density at radius 1 is 0.750 bits per heavy atom. The molecule has 0 fully saturated rings. The molecular weight excluding hydrogens is 382 g/mol. The van der Waals surface area contributed by atoms with Crippen LogP contribution >= 0.6 is 23.2 Å². The number of carbonyl (C=O) groups is 1. The first-order chi connectivity index (χ1) is 8.29. The van der Waals surface area contributed by atoms with Crippen molar-refractivity contribution in [2.24, 2.45) is 0 Å². The predicted octanol–water partition coefficient (Wildman–Crippen LogP) is -1.66. The molecule has 2 rings (SSSR count). The van der Waals surface area contributed by atoms with Crippen molar-refractivity contribution in [2.75, 3.05) is 5.34 Å². The summed E-state index contributed by atoms with van der Waals surface area (Å²) in [5.41, 5.74) is 1.47. The van der Waals surface area contributed by atoms with Crippen molar-refractivity contribution >= 4 is 29.0 Å². The molecule has 0 unspecified atom stereocenters. The smallest absolute Gasteiger partial charge is 1.00 e. The van der Waals surface area contributed by atoms with E-state index in [0.29, 0.717) is 0 Å². The molecule has 0 aromatic heterocycles. The van der Waals surface area contributed by atoms with Gasteiger partial charge in [0.1, 0.15) is 0 Å². The number of hydrogen-bond acceptors (Lipinski definition) is 1. The maximum atomic E-state index is 11.8. The molecule has 6 heteroatoms. The number of hydrogen-bond donors (Lipinski definition) is 0. The number of carbonyl (C=O) groups excluding carboxylic acids is 1. The van der Waals surface area contributed by atoms with Crippen LogP contribution in [0.1, 0.15) is 15.9 Å². The third-order valence-corrected chi connectivity index (χ3v) is 2.07. The first-order valence-corrected chi connectivity index (χ1v) is 6.13. The molecule has 0 spiro atoms. The van der Waals surface area contributed by atoms with Crippen LogP contribution in [-0.2, 0) is 17.1 Å². The maximum absolute atomic E-state index is 11.8. The molecule has 20 heavy (non-hydrogen) atoms. The monoisotopic (exact) mass is 392 g/mol. The molecule has 0 aliphatic carbocycles. The standard InChI is InChI=1S/C13H10O.CH2Cl2.2ClH.Fe/c14-13(11-7-3-1-4-8-11)12-9-5-2-6-10-12;2-1-3;;;/h1-10H;1H2;2*1H;/q;;;;+2/p-2. The summed E-state index contributed by atoms with van der Waals surface area (Å²) < 4.78 is 0.